The molecule has 2 aromatic carbocycles. The van der Waals surface area contributed by atoms with Crippen molar-refractivity contribution in [2.45, 2.75) is 83.0 Å². The maximum absolute atomic E-state index is 14.0. The molecule has 0 aliphatic heterocycles. The lowest BCUT2D eigenvalue weighted by molar-refractivity contribution is -0.113. The Balaban J connectivity index is 1.47. The summed E-state index contributed by atoms with van der Waals surface area (Å²) in [7, 11) is 0. The number of anilines is 2. The van der Waals surface area contributed by atoms with Crippen LogP contribution in [0.3, 0.4) is 0 Å². The lowest BCUT2D eigenvalue weighted by atomic mass is 9.57. The molecule has 0 saturated heterocycles. The first kappa shape index (κ1) is 24.0. The number of hydrogen-bond acceptors (Lipinski definition) is 3. The van der Waals surface area contributed by atoms with E-state index in [4.69, 9.17) is 11.5 Å². The van der Waals surface area contributed by atoms with Gasteiger partial charge in [0.05, 0.1) is 0 Å². The minimum Gasteiger partial charge on any atom is -0.398 e. The summed E-state index contributed by atoms with van der Waals surface area (Å²) < 4.78 is 0. The molecule has 0 aromatic heterocycles. The smallest absolute Gasteiger partial charge is 0.194 e. The number of carbonyl (C=O) groups excluding carboxylic acids is 1. The summed E-state index contributed by atoms with van der Waals surface area (Å²) in [4.78, 5) is 14.0. The minimum absolute atomic E-state index is 0.131. The topological polar surface area (TPSA) is 69.1 Å². The van der Waals surface area contributed by atoms with Gasteiger partial charge in [-0.1, -0.05) is 68.8 Å². The molecule has 190 valence electrons. The zero-order valence-electron chi connectivity index (χ0n) is 22.4. The molecule has 2 unspecified atom stereocenters. The Bertz CT molecular complexity index is 1450. The van der Waals surface area contributed by atoms with Gasteiger partial charge in [0.1, 0.15) is 0 Å². The van der Waals surface area contributed by atoms with Gasteiger partial charge < -0.3 is 11.5 Å². The van der Waals surface area contributed by atoms with Crippen molar-refractivity contribution >= 4 is 17.2 Å². The highest BCUT2D eigenvalue weighted by Crippen LogP contribution is 2.57. The van der Waals surface area contributed by atoms with Crippen LogP contribution in [0.1, 0.15) is 83.3 Å². The third-order valence-corrected chi connectivity index (χ3v) is 9.79. The van der Waals surface area contributed by atoms with E-state index in [-0.39, 0.29) is 16.6 Å². The number of fused-ring (bicyclic) bond motifs is 2. The molecule has 6 rings (SSSR count). The van der Waals surface area contributed by atoms with Crippen molar-refractivity contribution in [1.82, 2.24) is 0 Å². The van der Waals surface area contributed by atoms with Crippen LogP contribution in [0.5, 0.6) is 0 Å². The van der Waals surface area contributed by atoms with Crippen molar-refractivity contribution < 1.29 is 4.79 Å². The number of para-hydroxylation sites is 2. The lowest BCUT2D eigenvalue weighted by Crippen LogP contribution is -2.37. The van der Waals surface area contributed by atoms with Crippen LogP contribution in [-0.4, -0.2) is 5.78 Å². The predicted molar refractivity (Wildman–Crippen MR) is 153 cm³/mol. The van der Waals surface area contributed by atoms with E-state index in [9.17, 15) is 4.79 Å². The molecule has 2 atom stereocenters. The minimum atomic E-state index is -0.143. The molecule has 0 heterocycles. The number of rotatable bonds is 4. The van der Waals surface area contributed by atoms with Gasteiger partial charge in [0, 0.05) is 33.4 Å². The van der Waals surface area contributed by atoms with E-state index in [0.29, 0.717) is 0 Å². The summed E-state index contributed by atoms with van der Waals surface area (Å²) in [6, 6.07) is 16.5. The molecule has 0 amide bonds. The molecule has 3 heteroatoms. The molecule has 3 nitrogen and oxygen atoms in total. The van der Waals surface area contributed by atoms with Crippen molar-refractivity contribution in [1.29, 1.82) is 0 Å². The molecular formula is C34H38N2O. The molecule has 4 N–H and O–H groups in total. The van der Waals surface area contributed by atoms with Gasteiger partial charge in [-0.25, -0.2) is 0 Å². The van der Waals surface area contributed by atoms with Crippen molar-refractivity contribution in [2.75, 3.05) is 11.5 Å². The van der Waals surface area contributed by atoms with E-state index in [0.717, 1.165) is 73.9 Å². The van der Waals surface area contributed by atoms with E-state index >= 15 is 0 Å². The fourth-order valence-electron chi connectivity index (χ4n) is 8.05. The first-order valence-corrected chi connectivity index (χ1v) is 14.0. The van der Waals surface area contributed by atoms with Gasteiger partial charge in [0.15, 0.2) is 5.78 Å². The second-order valence-electron chi connectivity index (χ2n) is 11.7. The van der Waals surface area contributed by atoms with Crippen LogP contribution in [-0.2, 0) is 15.6 Å². The summed E-state index contributed by atoms with van der Waals surface area (Å²) in [6.07, 6.45) is 10.4. The Hall–Kier alpha value is -3.33. The first-order chi connectivity index (χ1) is 17.8. The summed E-state index contributed by atoms with van der Waals surface area (Å²) >= 11 is 0. The third-order valence-electron chi connectivity index (χ3n) is 9.79. The molecule has 0 radical (unpaired) electrons. The standard InChI is InChI=1S/C34H38N2O/c1-4-24-21(11-9-19-33(24,2)26-13-5-7-15-28(26)35)30-23-17-18-25-22(31(23)32(30)37)12-10-20-34(25,3)27-14-6-8-16-29(27)36/h5-8,13-16,18H,4,9-12,17,19-20,35-36H2,1-3H3. The monoisotopic (exact) mass is 490 g/mol. The van der Waals surface area contributed by atoms with Crippen LogP contribution in [0.4, 0.5) is 11.4 Å². The number of allylic oxidation sites excluding steroid dienone is 8. The van der Waals surface area contributed by atoms with Gasteiger partial charge in [-0.05, 0) is 96.9 Å². The van der Waals surface area contributed by atoms with Gasteiger partial charge in [0.25, 0.3) is 0 Å². The normalized spacial score (nSPS) is 27.5. The second kappa shape index (κ2) is 8.62. The highest BCUT2D eigenvalue weighted by atomic mass is 16.1. The maximum atomic E-state index is 14.0. The Morgan fingerprint density at radius 2 is 1.30 bits per heavy atom. The number of nitrogens with two attached hydrogens (primary N) is 2. The zero-order valence-corrected chi connectivity index (χ0v) is 22.4. The predicted octanol–water partition coefficient (Wildman–Crippen LogP) is 7.65. The Labute approximate surface area is 221 Å². The van der Waals surface area contributed by atoms with Gasteiger partial charge in [-0.2, -0.15) is 0 Å². The van der Waals surface area contributed by atoms with Crippen LogP contribution in [0.15, 0.2) is 93.6 Å². The molecular weight excluding hydrogens is 452 g/mol. The fourth-order valence-corrected chi connectivity index (χ4v) is 8.05. The van der Waals surface area contributed by atoms with Crippen molar-refractivity contribution in [3.63, 3.8) is 0 Å². The molecule has 0 spiro atoms. The quantitative estimate of drug-likeness (QED) is 0.433. The molecule has 1 saturated carbocycles. The summed E-state index contributed by atoms with van der Waals surface area (Å²) in [5.41, 5.74) is 25.4. The lowest BCUT2D eigenvalue weighted by Gasteiger charge is -2.46. The third kappa shape index (κ3) is 3.36. The average molecular weight is 491 g/mol. The van der Waals surface area contributed by atoms with E-state index in [2.05, 4.69) is 51.1 Å². The number of ketones is 1. The number of benzene rings is 2. The molecule has 1 fully saturated rings. The summed E-state index contributed by atoms with van der Waals surface area (Å²) in [5.74, 6) is 0.270. The molecule has 0 bridgehead atoms. The van der Waals surface area contributed by atoms with Crippen molar-refractivity contribution in [3.05, 3.63) is 105 Å². The van der Waals surface area contributed by atoms with E-state index in [1.54, 1.807) is 0 Å². The van der Waals surface area contributed by atoms with Gasteiger partial charge >= 0.3 is 0 Å². The van der Waals surface area contributed by atoms with Crippen LogP contribution in [0, 0.1) is 0 Å². The second-order valence-corrected chi connectivity index (χ2v) is 11.7. The van der Waals surface area contributed by atoms with Crippen molar-refractivity contribution in [3.8, 4) is 0 Å². The Morgan fingerprint density at radius 1 is 0.757 bits per heavy atom. The van der Waals surface area contributed by atoms with E-state index in [1.165, 1.54) is 39.0 Å². The van der Waals surface area contributed by atoms with E-state index in [1.807, 2.05) is 24.3 Å². The molecule has 37 heavy (non-hydrogen) atoms. The molecule has 2 aromatic rings. The summed E-state index contributed by atoms with van der Waals surface area (Å²) in [5, 5.41) is 0. The fraction of sp³-hybridized carbons (Fsp3) is 0.382. The molecule has 4 aliphatic carbocycles. The number of nitrogen functional groups attached to an aromatic ring is 2. The Morgan fingerprint density at radius 3 is 1.92 bits per heavy atom. The van der Waals surface area contributed by atoms with Crippen LogP contribution >= 0.6 is 0 Å². The average Bonchev–Trinajstić information content (AvgIpc) is 2.88. The summed E-state index contributed by atoms with van der Waals surface area (Å²) in [6.45, 7) is 6.89. The highest BCUT2D eigenvalue weighted by Gasteiger charge is 2.47. The first-order valence-electron chi connectivity index (χ1n) is 14.0. The van der Waals surface area contributed by atoms with Gasteiger partial charge in [-0.15, -0.1) is 0 Å². The van der Waals surface area contributed by atoms with E-state index < -0.39 is 0 Å². The maximum Gasteiger partial charge on any atom is 0.194 e. The molecule has 4 aliphatic rings. The van der Waals surface area contributed by atoms with Gasteiger partial charge in [0.2, 0.25) is 0 Å². The van der Waals surface area contributed by atoms with Crippen LogP contribution in [0.25, 0.3) is 0 Å². The number of hydrogen-bond donors (Lipinski definition) is 2. The van der Waals surface area contributed by atoms with Crippen molar-refractivity contribution in [2.24, 2.45) is 0 Å². The number of Topliss-reactive ketones (excluding diaryl/α,β-unsaturated/α-hetero) is 1. The van der Waals surface area contributed by atoms with Crippen LogP contribution < -0.4 is 11.5 Å². The SMILES string of the molecule is CCC1=C(C2=C3CC=C4C(=C3C2=O)CCCC4(C)c2ccccc2N)CCCC1(C)c1ccccc1N. The zero-order chi connectivity index (χ0) is 25.9. The Kier molecular flexibility index (Phi) is 5.60. The number of carbonyl (C=O) groups is 1. The van der Waals surface area contributed by atoms with Gasteiger partial charge in [-0.3, -0.25) is 4.79 Å². The van der Waals surface area contributed by atoms with Crippen LogP contribution in [0.2, 0.25) is 0 Å². The largest absolute Gasteiger partial charge is 0.398 e. The highest BCUT2D eigenvalue weighted by molar-refractivity contribution is 6.24.